The van der Waals surface area contributed by atoms with Crippen molar-refractivity contribution >= 4 is 29.0 Å². The number of anilines is 1. The van der Waals surface area contributed by atoms with Gasteiger partial charge in [-0.25, -0.2) is 9.18 Å². The van der Waals surface area contributed by atoms with Crippen molar-refractivity contribution in [2.75, 3.05) is 12.4 Å². The van der Waals surface area contributed by atoms with Gasteiger partial charge in [0.2, 0.25) is 0 Å². The predicted molar refractivity (Wildman–Crippen MR) is 92.0 cm³/mol. The number of hydrogen-bond acceptors (Lipinski definition) is 3. The van der Waals surface area contributed by atoms with Crippen LogP contribution >= 0.6 is 12.2 Å². The largest absolute Gasteiger partial charge is 0.465 e. The van der Waals surface area contributed by atoms with Gasteiger partial charge >= 0.3 is 5.97 Å². The smallest absolute Gasteiger partial charge is 0.337 e. The fourth-order valence-electron chi connectivity index (χ4n) is 2.04. The van der Waals surface area contributed by atoms with E-state index < -0.39 is 5.97 Å². The van der Waals surface area contributed by atoms with Gasteiger partial charge in [0.05, 0.1) is 18.7 Å². The molecule has 0 saturated carbocycles. The van der Waals surface area contributed by atoms with Crippen LogP contribution in [0, 0.1) is 5.82 Å². The third-order valence-corrected chi connectivity index (χ3v) is 3.48. The topological polar surface area (TPSA) is 50.4 Å². The van der Waals surface area contributed by atoms with Crippen LogP contribution in [0.5, 0.6) is 0 Å². The number of esters is 1. The zero-order valence-electron chi connectivity index (χ0n) is 12.8. The molecule has 23 heavy (non-hydrogen) atoms. The van der Waals surface area contributed by atoms with E-state index in [1.165, 1.54) is 19.2 Å². The molecule has 0 amide bonds. The number of methoxy groups -OCH3 is 1. The fraction of sp³-hybridized carbons (Fsp3) is 0.176. The molecular weight excluding hydrogens is 315 g/mol. The Kier molecular flexibility index (Phi) is 5.65. The number of carbonyl (C=O) groups is 1. The summed E-state index contributed by atoms with van der Waals surface area (Å²) in [6.45, 7) is 1.92. The first kappa shape index (κ1) is 16.9. The van der Waals surface area contributed by atoms with Crippen molar-refractivity contribution in [3.63, 3.8) is 0 Å². The predicted octanol–water partition coefficient (Wildman–Crippen LogP) is 3.66. The molecule has 0 spiro atoms. The van der Waals surface area contributed by atoms with Crippen LogP contribution in [0.4, 0.5) is 10.1 Å². The van der Waals surface area contributed by atoms with Gasteiger partial charge in [-0.1, -0.05) is 18.2 Å². The maximum absolute atomic E-state index is 12.9. The Morgan fingerprint density at radius 3 is 2.57 bits per heavy atom. The van der Waals surface area contributed by atoms with E-state index in [-0.39, 0.29) is 11.9 Å². The van der Waals surface area contributed by atoms with Crippen LogP contribution in [0.2, 0.25) is 0 Å². The van der Waals surface area contributed by atoms with Crippen LogP contribution in [-0.2, 0) is 4.74 Å². The second-order valence-corrected chi connectivity index (χ2v) is 5.35. The van der Waals surface area contributed by atoms with Crippen molar-refractivity contribution in [1.29, 1.82) is 0 Å². The molecule has 2 N–H and O–H groups in total. The summed E-state index contributed by atoms with van der Waals surface area (Å²) in [6, 6.07) is 13.0. The zero-order valence-corrected chi connectivity index (χ0v) is 13.6. The molecule has 0 heterocycles. The fourth-order valence-corrected chi connectivity index (χ4v) is 2.34. The third-order valence-electron chi connectivity index (χ3n) is 3.26. The molecule has 0 radical (unpaired) electrons. The number of thiocarbonyl (C=S) groups is 1. The van der Waals surface area contributed by atoms with Gasteiger partial charge in [0, 0.05) is 5.69 Å². The number of hydrogen-bond donors (Lipinski definition) is 2. The van der Waals surface area contributed by atoms with Gasteiger partial charge in [-0.3, -0.25) is 0 Å². The molecule has 0 bridgehead atoms. The van der Waals surface area contributed by atoms with E-state index in [2.05, 4.69) is 15.4 Å². The van der Waals surface area contributed by atoms with Gasteiger partial charge in [-0.05, 0) is 55.0 Å². The van der Waals surface area contributed by atoms with Crippen molar-refractivity contribution in [1.82, 2.24) is 5.32 Å². The summed E-state index contributed by atoms with van der Waals surface area (Å²) in [6.07, 6.45) is 0. The summed E-state index contributed by atoms with van der Waals surface area (Å²) >= 11 is 5.26. The zero-order chi connectivity index (χ0) is 16.8. The summed E-state index contributed by atoms with van der Waals surface area (Å²) in [4.78, 5) is 11.5. The minimum Gasteiger partial charge on any atom is -0.465 e. The van der Waals surface area contributed by atoms with Crippen LogP contribution < -0.4 is 10.6 Å². The van der Waals surface area contributed by atoms with Crippen molar-refractivity contribution in [3.05, 3.63) is 65.5 Å². The number of benzene rings is 2. The van der Waals surface area contributed by atoms with Gasteiger partial charge in [0.15, 0.2) is 5.11 Å². The van der Waals surface area contributed by atoms with Crippen molar-refractivity contribution < 1.29 is 13.9 Å². The molecule has 0 unspecified atom stereocenters. The Bertz CT molecular complexity index is 704. The van der Waals surface area contributed by atoms with E-state index in [0.717, 1.165) is 5.56 Å². The lowest BCUT2D eigenvalue weighted by molar-refractivity contribution is 0.0601. The van der Waals surface area contributed by atoms with Crippen molar-refractivity contribution in [2.24, 2.45) is 0 Å². The van der Waals surface area contributed by atoms with Gasteiger partial charge in [-0.15, -0.1) is 0 Å². The maximum Gasteiger partial charge on any atom is 0.337 e. The second-order valence-electron chi connectivity index (χ2n) is 4.94. The molecule has 0 aliphatic heterocycles. The molecule has 6 heteroatoms. The molecule has 0 saturated heterocycles. The Morgan fingerprint density at radius 2 is 1.91 bits per heavy atom. The highest BCUT2D eigenvalue weighted by molar-refractivity contribution is 7.80. The number of carbonyl (C=O) groups excluding carboxylic acids is 1. The van der Waals surface area contributed by atoms with E-state index in [4.69, 9.17) is 12.2 Å². The molecule has 2 aromatic rings. The van der Waals surface area contributed by atoms with Crippen LogP contribution in [0.1, 0.15) is 28.9 Å². The SMILES string of the molecule is COC(=O)c1cccc(NC(=S)N[C@@H](C)c2ccc(F)cc2)c1. The van der Waals surface area contributed by atoms with E-state index >= 15 is 0 Å². The lowest BCUT2D eigenvalue weighted by atomic mass is 10.1. The third kappa shape index (κ3) is 4.75. The lowest BCUT2D eigenvalue weighted by Gasteiger charge is -2.17. The van der Waals surface area contributed by atoms with Crippen LogP contribution in [0.15, 0.2) is 48.5 Å². The Labute approximate surface area is 139 Å². The highest BCUT2D eigenvalue weighted by Gasteiger charge is 2.09. The highest BCUT2D eigenvalue weighted by Crippen LogP contribution is 2.15. The van der Waals surface area contributed by atoms with E-state index in [1.54, 1.807) is 36.4 Å². The van der Waals surface area contributed by atoms with Crippen molar-refractivity contribution in [2.45, 2.75) is 13.0 Å². The molecule has 0 aromatic heterocycles. The summed E-state index contributed by atoms with van der Waals surface area (Å²) < 4.78 is 17.6. The average Bonchev–Trinajstić information content (AvgIpc) is 2.54. The minimum atomic E-state index is -0.410. The molecular formula is C17H17FN2O2S. The molecule has 2 rings (SSSR count). The molecule has 120 valence electrons. The first-order valence-corrected chi connectivity index (χ1v) is 7.42. The number of rotatable bonds is 4. The summed E-state index contributed by atoms with van der Waals surface area (Å²) in [7, 11) is 1.33. The summed E-state index contributed by atoms with van der Waals surface area (Å²) in [5.41, 5.74) is 2.03. The molecule has 0 fully saturated rings. The average molecular weight is 332 g/mol. The van der Waals surface area contributed by atoms with Crippen LogP contribution in [0.25, 0.3) is 0 Å². The van der Waals surface area contributed by atoms with Gasteiger partial charge in [0.25, 0.3) is 0 Å². The standard InChI is InChI=1S/C17H17FN2O2S/c1-11(12-6-8-14(18)9-7-12)19-17(23)20-15-5-3-4-13(10-15)16(21)22-2/h3-11H,1-2H3,(H2,19,20,23)/t11-/m0/s1. The molecule has 1 atom stereocenters. The van der Waals surface area contributed by atoms with Crippen molar-refractivity contribution in [3.8, 4) is 0 Å². The Morgan fingerprint density at radius 1 is 1.22 bits per heavy atom. The highest BCUT2D eigenvalue weighted by atomic mass is 32.1. The number of halogens is 1. The van der Waals surface area contributed by atoms with E-state index in [1.807, 2.05) is 6.92 Å². The summed E-state index contributed by atoms with van der Waals surface area (Å²) in [5.74, 6) is -0.687. The molecule has 0 aliphatic rings. The van der Waals surface area contributed by atoms with Gasteiger partial charge in [0.1, 0.15) is 5.82 Å². The number of nitrogens with one attached hydrogen (secondary N) is 2. The first-order valence-electron chi connectivity index (χ1n) is 7.01. The van der Waals surface area contributed by atoms with Crippen LogP contribution in [0.3, 0.4) is 0 Å². The Hall–Kier alpha value is -2.47. The monoisotopic (exact) mass is 332 g/mol. The summed E-state index contributed by atoms with van der Waals surface area (Å²) in [5, 5.41) is 6.53. The van der Waals surface area contributed by atoms with E-state index in [0.29, 0.717) is 16.4 Å². The van der Waals surface area contributed by atoms with E-state index in [9.17, 15) is 9.18 Å². The molecule has 4 nitrogen and oxygen atoms in total. The lowest BCUT2D eigenvalue weighted by Crippen LogP contribution is -2.30. The second kappa shape index (κ2) is 7.69. The first-order chi connectivity index (χ1) is 11.0. The Balaban J connectivity index is 1.99. The normalized spacial score (nSPS) is 11.4. The quantitative estimate of drug-likeness (QED) is 0.661. The maximum atomic E-state index is 12.9. The minimum absolute atomic E-state index is 0.0839. The molecule has 2 aromatic carbocycles. The van der Waals surface area contributed by atoms with Crippen LogP contribution in [-0.4, -0.2) is 18.2 Å². The molecule has 0 aliphatic carbocycles. The number of ether oxygens (including phenoxy) is 1. The van der Waals surface area contributed by atoms with Gasteiger partial charge in [-0.2, -0.15) is 0 Å². The van der Waals surface area contributed by atoms with Gasteiger partial charge < -0.3 is 15.4 Å².